The molecule has 0 aliphatic rings. The van der Waals surface area contributed by atoms with Gasteiger partial charge in [0.15, 0.2) is 0 Å². The van der Waals surface area contributed by atoms with Gasteiger partial charge in [-0.3, -0.25) is 14.2 Å². The number of ether oxygens (including phenoxy) is 1. The Hall–Kier alpha value is -3.65. The number of aromatic nitrogens is 3. The normalized spacial score (nSPS) is 10.9. The molecule has 9 heteroatoms. The number of rotatable bonds is 7. The fraction of sp³-hybridized carbons (Fsp3) is 0.182. The molecule has 4 rings (SSSR count). The summed E-state index contributed by atoms with van der Waals surface area (Å²) in [5.74, 6) is 0.503. The molecular formula is C22H19ClN4O4. The van der Waals surface area contributed by atoms with E-state index in [-0.39, 0.29) is 35.5 Å². The highest BCUT2D eigenvalue weighted by Crippen LogP contribution is 2.30. The summed E-state index contributed by atoms with van der Waals surface area (Å²) in [6.45, 7) is 0.490. The first-order valence-electron chi connectivity index (χ1n) is 9.57. The van der Waals surface area contributed by atoms with Crippen molar-refractivity contribution < 1.29 is 14.1 Å². The van der Waals surface area contributed by atoms with Gasteiger partial charge < -0.3 is 14.6 Å². The summed E-state index contributed by atoms with van der Waals surface area (Å²) < 4.78 is 11.9. The van der Waals surface area contributed by atoms with Gasteiger partial charge in [-0.25, -0.2) is 4.98 Å². The van der Waals surface area contributed by atoms with E-state index in [1.165, 1.54) is 10.9 Å². The molecule has 0 saturated heterocycles. The van der Waals surface area contributed by atoms with Crippen LogP contribution in [0.15, 0.2) is 64.2 Å². The minimum Gasteiger partial charge on any atom is -0.496 e. The number of amides is 1. The number of halogens is 1. The minimum absolute atomic E-state index is 0.106. The van der Waals surface area contributed by atoms with Crippen LogP contribution >= 0.6 is 11.6 Å². The van der Waals surface area contributed by atoms with Crippen LogP contribution in [0.2, 0.25) is 5.02 Å². The molecule has 0 saturated carbocycles. The maximum Gasteiger partial charge on any atom is 0.266 e. The van der Waals surface area contributed by atoms with Crippen molar-refractivity contribution in [3.63, 3.8) is 0 Å². The lowest BCUT2D eigenvalue weighted by Crippen LogP contribution is -2.27. The van der Waals surface area contributed by atoms with Gasteiger partial charge in [-0.05, 0) is 12.1 Å². The Kier molecular flexibility index (Phi) is 5.99. The fourth-order valence-electron chi connectivity index (χ4n) is 3.23. The van der Waals surface area contributed by atoms with E-state index in [1.54, 1.807) is 31.4 Å². The van der Waals surface area contributed by atoms with E-state index in [0.29, 0.717) is 28.6 Å². The molecule has 1 amide bonds. The lowest BCUT2D eigenvalue weighted by Gasteiger charge is -2.10. The zero-order chi connectivity index (χ0) is 21.8. The monoisotopic (exact) mass is 438 g/mol. The number of nitrogens with one attached hydrogen (secondary N) is 1. The van der Waals surface area contributed by atoms with E-state index in [4.69, 9.17) is 20.9 Å². The smallest absolute Gasteiger partial charge is 0.266 e. The Balaban J connectivity index is 1.50. The van der Waals surface area contributed by atoms with Gasteiger partial charge >= 0.3 is 0 Å². The van der Waals surface area contributed by atoms with Crippen LogP contribution in [0.4, 0.5) is 0 Å². The van der Waals surface area contributed by atoms with Gasteiger partial charge in [-0.1, -0.05) is 53.2 Å². The van der Waals surface area contributed by atoms with Crippen LogP contribution in [0.1, 0.15) is 12.0 Å². The number of nitrogens with zero attached hydrogens (tertiary/aromatic N) is 3. The first-order valence-corrected chi connectivity index (χ1v) is 9.94. The first-order chi connectivity index (χ1) is 15.1. The topological polar surface area (TPSA) is 99.2 Å². The molecule has 0 unspecified atom stereocenters. The minimum atomic E-state index is -0.348. The van der Waals surface area contributed by atoms with E-state index in [1.807, 2.05) is 24.3 Å². The molecule has 0 fully saturated rings. The van der Waals surface area contributed by atoms with E-state index in [2.05, 4.69) is 15.5 Å². The SMILES string of the molecule is COc1ccccc1CNC(=O)CCn1cnc2onc(-c3ccccc3Cl)c2c1=O. The molecule has 2 aromatic heterocycles. The number of methoxy groups -OCH3 is 1. The second-order valence-corrected chi connectivity index (χ2v) is 7.18. The molecule has 0 aliphatic heterocycles. The summed E-state index contributed by atoms with van der Waals surface area (Å²) in [5, 5.41) is 7.49. The van der Waals surface area contributed by atoms with Crippen molar-refractivity contribution in [1.82, 2.24) is 20.0 Å². The second-order valence-electron chi connectivity index (χ2n) is 6.77. The second kappa shape index (κ2) is 9.01. The highest BCUT2D eigenvalue weighted by molar-refractivity contribution is 6.33. The molecule has 158 valence electrons. The standard InChI is InChI=1S/C22H19ClN4O4/c1-30-17-9-5-2-6-14(17)12-24-18(28)10-11-27-13-25-21-19(22(27)29)20(26-31-21)15-7-3-4-8-16(15)23/h2-9,13H,10-12H2,1H3,(H,24,28). The lowest BCUT2D eigenvalue weighted by molar-refractivity contribution is -0.121. The fourth-order valence-corrected chi connectivity index (χ4v) is 3.46. The highest BCUT2D eigenvalue weighted by Gasteiger charge is 2.19. The predicted molar refractivity (Wildman–Crippen MR) is 116 cm³/mol. The molecule has 0 radical (unpaired) electrons. The van der Waals surface area contributed by atoms with Gasteiger partial charge in [0.25, 0.3) is 11.3 Å². The maximum atomic E-state index is 13.0. The molecule has 0 atom stereocenters. The van der Waals surface area contributed by atoms with Gasteiger partial charge in [-0.2, -0.15) is 0 Å². The molecular weight excluding hydrogens is 420 g/mol. The van der Waals surface area contributed by atoms with Crippen molar-refractivity contribution in [3.8, 4) is 17.0 Å². The quantitative estimate of drug-likeness (QED) is 0.474. The van der Waals surface area contributed by atoms with E-state index < -0.39 is 0 Å². The number of hydrogen-bond donors (Lipinski definition) is 1. The van der Waals surface area contributed by atoms with Crippen LogP contribution < -0.4 is 15.6 Å². The largest absolute Gasteiger partial charge is 0.496 e. The van der Waals surface area contributed by atoms with E-state index in [9.17, 15) is 9.59 Å². The number of benzene rings is 2. The number of fused-ring (bicyclic) bond motifs is 1. The zero-order valence-corrected chi connectivity index (χ0v) is 17.4. The van der Waals surface area contributed by atoms with Crippen LogP contribution in [0.3, 0.4) is 0 Å². The molecule has 8 nitrogen and oxygen atoms in total. The lowest BCUT2D eigenvalue weighted by atomic mass is 10.1. The zero-order valence-electron chi connectivity index (χ0n) is 16.7. The molecule has 0 spiro atoms. The van der Waals surface area contributed by atoms with Crippen molar-refractivity contribution in [2.24, 2.45) is 0 Å². The predicted octanol–water partition coefficient (Wildman–Crippen LogP) is 3.42. The molecule has 2 heterocycles. The van der Waals surface area contributed by atoms with Gasteiger partial charge in [0.2, 0.25) is 5.91 Å². The number of carbonyl (C=O) groups excluding carboxylic acids is 1. The maximum absolute atomic E-state index is 13.0. The summed E-state index contributed by atoms with van der Waals surface area (Å²) in [7, 11) is 1.58. The molecule has 31 heavy (non-hydrogen) atoms. The highest BCUT2D eigenvalue weighted by atomic mass is 35.5. The molecule has 2 aromatic carbocycles. The van der Waals surface area contributed by atoms with Crippen molar-refractivity contribution in [1.29, 1.82) is 0 Å². The van der Waals surface area contributed by atoms with Crippen LogP contribution in [0.25, 0.3) is 22.4 Å². The Bertz CT molecular complexity index is 1300. The summed E-state index contributed by atoms with van der Waals surface area (Å²) >= 11 is 6.25. The molecule has 4 aromatic rings. The molecule has 0 aliphatic carbocycles. The van der Waals surface area contributed by atoms with Crippen LogP contribution in [-0.4, -0.2) is 27.7 Å². The Labute approximate surface area is 182 Å². The summed E-state index contributed by atoms with van der Waals surface area (Å²) in [5.41, 5.74) is 1.55. The van der Waals surface area contributed by atoms with Gasteiger partial charge in [0.05, 0.1) is 12.1 Å². The average molecular weight is 439 g/mol. The summed E-state index contributed by atoms with van der Waals surface area (Å²) in [6, 6.07) is 14.5. The van der Waals surface area contributed by atoms with Crippen molar-refractivity contribution in [2.45, 2.75) is 19.5 Å². The number of hydrogen-bond acceptors (Lipinski definition) is 6. The third-order valence-electron chi connectivity index (χ3n) is 4.84. The van der Waals surface area contributed by atoms with Crippen LogP contribution in [0, 0.1) is 0 Å². The third kappa shape index (κ3) is 4.29. The van der Waals surface area contributed by atoms with Gasteiger partial charge in [-0.15, -0.1) is 0 Å². The van der Waals surface area contributed by atoms with Crippen molar-refractivity contribution in [3.05, 3.63) is 75.8 Å². The Morgan fingerprint density at radius 2 is 1.97 bits per heavy atom. The van der Waals surface area contributed by atoms with Gasteiger partial charge in [0.1, 0.15) is 23.2 Å². The molecule has 1 N–H and O–H groups in total. The Morgan fingerprint density at radius 3 is 2.77 bits per heavy atom. The van der Waals surface area contributed by atoms with Crippen molar-refractivity contribution >= 4 is 28.6 Å². The van der Waals surface area contributed by atoms with Gasteiger partial charge in [0, 0.05) is 30.6 Å². The van der Waals surface area contributed by atoms with Crippen LogP contribution in [-0.2, 0) is 17.9 Å². The first kappa shape index (κ1) is 20.6. The molecule has 0 bridgehead atoms. The summed E-state index contributed by atoms with van der Waals surface area (Å²) in [6.07, 6.45) is 1.45. The third-order valence-corrected chi connectivity index (χ3v) is 5.17. The number of aryl methyl sites for hydroxylation is 1. The average Bonchev–Trinajstić information content (AvgIpc) is 3.22. The van der Waals surface area contributed by atoms with E-state index >= 15 is 0 Å². The Morgan fingerprint density at radius 1 is 1.19 bits per heavy atom. The number of para-hydroxylation sites is 1. The van der Waals surface area contributed by atoms with Crippen LogP contribution in [0.5, 0.6) is 5.75 Å². The number of carbonyl (C=O) groups is 1. The van der Waals surface area contributed by atoms with Crippen molar-refractivity contribution in [2.75, 3.05) is 7.11 Å². The van der Waals surface area contributed by atoms with E-state index in [0.717, 1.165) is 5.56 Å². The summed E-state index contributed by atoms with van der Waals surface area (Å²) in [4.78, 5) is 29.5.